The zero-order valence-electron chi connectivity index (χ0n) is 57.0. The van der Waals surface area contributed by atoms with E-state index in [0.717, 1.165) is 83.5 Å². The highest BCUT2D eigenvalue weighted by Crippen LogP contribution is 2.43. The molecule has 0 aromatic carbocycles. The maximum absolute atomic E-state index is 12.9. The number of hydrogen-bond acceptors (Lipinski definition) is 7. The molecule has 2 unspecified atom stereocenters. The average Bonchev–Trinajstić information content (AvgIpc) is 3.70. The van der Waals surface area contributed by atoms with Crippen LogP contribution in [0.25, 0.3) is 0 Å². The highest BCUT2D eigenvalue weighted by molar-refractivity contribution is 7.47. The minimum atomic E-state index is -4.41. The fraction of sp³-hybridized carbons (Fsp3) is 0.789. The van der Waals surface area contributed by atoms with Crippen LogP contribution in [-0.2, 0) is 32.7 Å². The fourth-order valence-corrected chi connectivity index (χ4v) is 11.2. The second kappa shape index (κ2) is 66.6. The first kappa shape index (κ1) is 83.2. The standard InChI is InChI=1S/C76H138NO8P/c1-6-8-10-12-14-16-18-20-22-24-26-28-30-32-33-34-35-36-37-38-39-40-41-42-43-45-46-48-50-52-54-56-58-60-62-64-66-68-75(78)82-72-74(73-84-86(80,81)83-71-70-77(3,4)5)85-76(79)69-67-65-63-61-59-57-55-53-51-49-47-44-31-29-27-25-23-21-19-17-15-13-11-9-7-2/h9,11,15,17,21,23,27,29,44,47,51,53,57,59,74H,6-8,10,12-14,16,18-20,22,24-26,28,30-43,45-46,48-50,52,54-56,58,60-73H2,1-5H3/p+1/b11-9-,17-15-,23-21-,29-27-,47-44-,53-51-,59-57-. The fourth-order valence-electron chi connectivity index (χ4n) is 10.4. The molecule has 0 rings (SSSR count). The van der Waals surface area contributed by atoms with Gasteiger partial charge in [-0.05, 0) is 70.6 Å². The van der Waals surface area contributed by atoms with Gasteiger partial charge in [-0.1, -0.05) is 336 Å². The first-order chi connectivity index (χ1) is 42.0. The molecular weight excluding hydrogens is 1090 g/mol. The summed E-state index contributed by atoms with van der Waals surface area (Å²) in [7, 11) is 1.45. The molecule has 500 valence electrons. The van der Waals surface area contributed by atoms with Crippen LogP contribution >= 0.6 is 7.82 Å². The van der Waals surface area contributed by atoms with Gasteiger partial charge in [0.15, 0.2) is 6.10 Å². The average molecular weight is 1230 g/mol. The Hall–Kier alpha value is -2.81. The molecule has 10 heteroatoms. The zero-order chi connectivity index (χ0) is 62.6. The van der Waals surface area contributed by atoms with E-state index in [1.165, 1.54) is 218 Å². The van der Waals surface area contributed by atoms with Crippen molar-refractivity contribution in [2.24, 2.45) is 0 Å². The van der Waals surface area contributed by atoms with Crippen LogP contribution in [0.5, 0.6) is 0 Å². The lowest BCUT2D eigenvalue weighted by Crippen LogP contribution is -2.37. The van der Waals surface area contributed by atoms with Gasteiger partial charge in [-0.2, -0.15) is 0 Å². The van der Waals surface area contributed by atoms with Crippen LogP contribution in [0.1, 0.15) is 335 Å². The van der Waals surface area contributed by atoms with E-state index < -0.39 is 26.5 Å². The third-order valence-corrected chi connectivity index (χ3v) is 16.9. The number of carbonyl (C=O) groups excluding carboxylic acids is 2. The number of allylic oxidation sites excluding steroid dienone is 14. The molecule has 9 nitrogen and oxygen atoms in total. The Bertz CT molecular complexity index is 1730. The molecule has 86 heavy (non-hydrogen) atoms. The normalized spacial score (nSPS) is 13.6. The molecule has 0 aromatic heterocycles. The number of phosphoric acid groups is 1. The topological polar surface area (TPSA) is 108 Å². The van der Waals surface area contributed by atoms with Gasteiger partial charge in [0.25, 0.3) is 0 Å². The Morgan fingerprint density at radius 3 is 0.988 bits per heavy atom. The van der Waals surface area contributed by atoms with Gasteiger partial charge in [0.05, 0.1) is 27.7 Å². The molecule has 0 bridgehead atoms. The van der Waals surface area contributed by atoms with Crippen molar-refractivity contribution in [3.8, 4) is 0 Å². The number of likely N-dealkylation sites (N-methyl/N-ethyl adjacent to an activating group) is 1. The summed E-state index contributed by atoms with van der Waals surface area (Å²) in [5.41, 5.74) is 0. The minimum Gasteiger partial charge on any atom is -0.462 e. The van der Waals surface area contributed by atoms with Crippen LogP contribution in [0.2, 0.25) is 0 Å². The molecule has 0 spiro atoms. The summed E-state index contributed by atoms with van der Waals surface area (Å²) in [6.45, 7) is 4.32. The quantitative estimate of drug-likeness (QED) is 0.0211. The largest absolute Gasteiger partial charge is 0.472 e. The predicted octanol–water partition coefficient (Wildman–Crippen LogP) is 23.7. The second-order valence-electron chi connectivity index (χ2n) is 25.6. The molecule has 0 saturated heterocycles. The van der Waals surface area contributed by atoms with E-state index in [-0.39, 0.29) is 32.0 Å². The van der Waals surface area contributed by atoms with Crippen LogP contribution in [0.4, 0.5) is 0 Å². The van der Waals surface area contributed by atoms with Crippen molar-refractivity contribution in [2.75, 3.05) is 47.5 Å². The molecule has 0 heterocycles. The highest BCUT2D eigenvalue weighted by atomic mass is 31.2. The lowest BCUT2D eigenvalue weighted by Gasteiger charge is -2.24. The number of ether oxygens (including phenoxy) is 2. The lowest BCUT2D eigenvalue weighted by molar-refractivity contribution is -0.870. The molecule has 0 amide bonds. The van der Waals surface area contributed by atoms with Crippen molar-refractivity contribution in [3.63, 3.8) is 0 Å². The van der Waals surface area contributed by atoms with E-state index in [0.29, 0.717) is 17.4 Å². The van der Waals surface area contributed by atoms with Crippen molar-refractivity contribution in [1.82, 2.24) is 0 Å². The maximum atomic E-state index is 12.9. The van der Waals surface area contributed by atoms with Gasteiger partial charge < -0.3 is 18.9 Å². The third kappa shape index (κ3) is 70.3. The molecule has 0 aliphatic heterocycles. The first-order valence-corrected chi connectivity index (χ1v) is 37.8. The van der Waals surface area contributed by atoms with Gasteiger partial charge in [0.1, 0.15) is 19.8 Å². The number of rotatable bonds is 67. The molecule has 0 aromatic rings. The summed E-state index contributed by atoms with van der Waals surface area (Å²) in [5, 5.41) is 0. The van der Waals surface area contributed by atoms with E-state index >= 15 is 0 Å². The Morgan fingerprint density at radius 1 is 0.372 bits per heavy atom. The van der Waals surface area contributed by atoms with Crippen molar-refractivity contribution in [2.45, 2.75) is 341 Å². The van der Waals surface area contributed by atoms with E-state index in [4.69, 9.17) is 18.5 Å². The Labute approximate surface area is 532 Å². The molecule has 0 fully saturated rings. The van der Waals surface area contributed by atoms with Crippen LogP contribution in [0.15, 0.2) is 85.1 Å². The van der Waals surface area contributed by atoms with Crippen molar-refractivity contribution in [1.29, 1.82) is 0 Å². The second-order valence-corrected chi connectivity index (χ2v) is 27.1. The van der Waals surface area contributed by atoms with Gasteiger partial charge in [0, 0.05) is 12.8 Å². The molecule has 0 aliphatic carbocycles. The third-order valence-electron chi connectivity index (χ3n) is 15.9. The number of phosphoric ester groups is 1. The SMILES string of the molecule is CC/C=C\C/C=C\C/C=C\C/C=C\C/C=C\C/C=C\C/C=C\CCCCCC(=O)OC(COC(=O)CCCCCCCCCCCCCCCCCCCCCCCCCCCCCCCCCCCCCCC)COP(=O)(O)OCC[N+](C)(C)C. The summed E-state index contributed by atoms with van der Waals surface area (Å²) in [6, 6.07) is 0. The highest BCUT2D eigenvalue weighted by Gasteiger charge is 2.27. The molecule has 1 N–H and O–H groups in total. The molecule has 0 aliphatic rings. The molecular formula is C76H139NO8P+. The molecule has 0 radical (unpaired) electrons. The summed E-state index contributed by atoms with van der Waals surface area (Å²) in [6.07, 6.45) is 91.5. The Morgan fingerprint density at radius 2 is 0.663 bits per heavy atom. The Kier molecular flexibility index (Phi) is 64.4. The molecule has 0 saturated carbocycles. The number of hydrogen-bond donors (Lipinski definition) is 1. The van der Waals surface area contributed by atoms with Gasteiger partial charge in [0.2, 0.25) is 0 Å². The number of quaternary nitrogens is 1. The van der Waals surface area contributed by atoms with E-state index in [1.807, 2.05) is 21.1 Å². The van der Waals surface area contributed by atoms with Crippen molar-refractivity contribution in [3.05, 3.63) is 85.1 Å². The number of esters is 2. The van der Waals surface area contributed by atoms with Crippen molar-refractivity contribution >= 4 is 19.8 Å². The van der Waals surface area contributed by atoms with Gasteiger partial charge in [-0.15, -0.1) is 0 Å². The summed E-state index contributed by atoms with van der Waals surface area (Å²) >= 11 is 0. The maximum Gasteiger partial charge on any atom is 0.472 e. The summed E-state index contributed by atoms with van der Waals surface area (Å²) in [4.78, 5) is 35.8. The van der Waals surface area contributed by atoms with Crippen LogP contribution in [0, 0.1) is 0 Å². The number of carbonyl (C=O) groups is 2. The number of unbranched alkanes of at least 4 members (excludes halogenated alkanes) is 39. The predicted molar refractivity (Wildman–Crippen MR) is 372 cm³/mol. The van der Waals surface area contributed by atoms with Crippen molar-refractivity contribution < 1.29 is 42.1 Å². The van der Waals surface area contributed by atoms with Gasteiger partial charge in [-0.3, -0.25) is 18.6 Å². The first-order valence-electron chi connectivity index (χ1n) is 36.3. The van der Waals surface area contributed by atoms with E-state index in [9.17, 15) is 19.0 Å². The van der Waals surface area contributed by atoms with Crippen LogP contribution in [0.3, 0.4) is 0 Å². The number of nitrogens with zero attached hydrogens (tertiary/aromatic N) is 1. The van der Waals surface area contributed by atoms with E-state index in [1.54, 1.807) is 0 Å². The Balaban J connectivity index is 4.00. The molecule has 2 atom stereocenters. The lowest BCUT2D eigenvalue weighted by atomic mass is 10.0. The van der Waals surface area contributed by atoms with Gasteiger partial charge >= 0.3 is 19.8 Å². The van der Waals surface area contributed by atoms with Crippen LogP contribution < -0.4 is 0 Å². The zero-order valence-corrected chi connectivity index (χ0v) is 57.9. The van der Waals surface area contributed by atoms with Crippen LogP contribution in [-0.4, -0.2) is 74.9 Å². The summed E-state index contributed by atoms with van der Waals surface area (Å²) < 4.78 is 34.7. The van der Waals surface area contributed by atoms with E-state index in [2.05, 4.69) is 98.9 Å². The summed E-state index contributed by atoms with van der Waals surface area (Å²) in [5.74, 6) is -0.828. The smallest absolute Gasteiger partial charge is 0.462 e. The monoisotopic (exact) mass is 1230 g/mol. The minimum absolute atomic E-state index is 0.0220. The van der Waals surface area contributed by atoms with Gasteiger partial charge in [-0.25, -0.2) is 4.57 Å².